The average molecular weight is 442 g/mol. The first-order chi connectivity index (χ1) is 13.1. The number of pyridine rings is 2. The molecule has 0 amide bonds. The maximum absolute atomic E-state index is 11.9. The molecular formula is C19H24ClN3O3S2. The number of hydrogen-bond donors (Lipinski definition) is 0. The number of nitrogens with zero attached hydrogens (tertiary/aromatic N) is 3. The third-order valence-corrected chi connectivity index (χ3v) is 7.66. The summed E-state index contributed by atoms with van der Waals surface area (Å²) in [4.78, 5) is 8.57. The SMILES string of the molecule is CCS(=O)(=O)C1CC(Oc2ncc(/C=N/SC(C)(C)C)c3cc(Cl)ncc23)C1. The van der Waals surface area contributed by atoms with Gasteiger partial charge in [0.25, 0.3) is 0 Å². The van der Waals surface area contributed by atoms with Gasteiger partial charge in [0, 0.05) is 52.9 Å². The van der Waals surface area contributed by atoms with Crippen LogP contribution >= 0.6 is 23.5 Å². The Morgan fingerprint density at radius 3 is 2.64 bits per heavy atom. The van der Waals surface area contributed by atoms with Crippen LogP contribution in [0.3, 0.4) is 0 Å². The van der Waals surface area contributed by atoms with Gasteiger partial charge < -0.3 is 4.74 Å². The van der Waals surface area contributed by atoms with Gasteiger partial charge >= 0.3 is 0 Å². The summed E-state index contributed by atoms with van der Waals surface area (Å²) in [6.07, 6.45) is 5.91. The highest BCUT2D eigenvalue weighted by Crippen LogP contribution is 2.34. The van der Waals surface area contributed by atoms with Gasteiger partial charge in [0.1, 0.15) is 11.3 Å². The van der Waals surface area contributed by atoms with Gasteiger partial charge in [-0.15, -0.1) is 0 Å². The van der Waals surface area contributed by atoms with Crippen molar-refractivity contribution in [2.75, 3.05) is 5.75 Å². The van der Waals surface area contributed by atoms with E-state index in [-0.39, 0.29) is 21.9 Å². The molecule has 152 valence electrons. The fourth-order valence-electron chi connectivity index (χ4n) is 2.84. The first-order valence-corrected chi connectivity index (χ1v) is 12.0. The predicted molar refractivity (Wildman–Crippen MR) is 116 cm³/mol. The van der Waals surface area contributed by atoms with Crippen LogP contribution in [0.25, 0.3) is 10.8 Å². The van der Waals surface area contributed by atoms with E-state index >= 15 is 0 Å². The van der Waals surface area contributed by atoms with E-state index < -0.39 is 9.84 Å². The standard InChI is InChI=1S/C19H24ClN3O3S2/c1-5-28(24,25)14-6-13(7-14)26-18-16-11-21-17(20)8-15(16)12(9-22-18)10-23-27-19(2,3)4/h8-11,13-14H,5-7H2,1-4H3/b23-10+. The third kappa shape index (κ3) is 4.96. The topological polar surface area (TPSA) is 81.5 Å². The number of sulfone groups is 1. The molecule has 0 atom stereocenters. The lowest BCUT2D eigenvalue weighted by Gasteiger charge is -2.34. The Morgan fingerprint density at radius 2 is 2.00 bits per heavy atom. The zero-order chi connectivity index (χ0) is 20.5. The van der Waals surface area contributed by atoms with Crippen molar-refractivity contribution in [3.05, 3.63) is 29.2 Å². The molecule has 3 rings (SSSR count). The van der Waals surface area contributed by atoms with Crippen LogP contribution in [-0.4, -0.2) is 46.5 Å². The molecule has 28 heavy (non-hydrogen) atoms. The number of rotatable bonds is 6. The van der Waals surface area contributed by atoms with Crippen molar-refractivity contribution >= 4 is 50.4 Å². The quantitative estimate of drug-likeness (QED) is 0.373. The molecule has 1 saturated carbocycles. The predicted octanol–water partition coefficient (Wildman–Crippen LogP) is 4.49. The van der Waals surface area contributed by atoms with Crippen LogP contribution in [0.1, 0.15) is 46.1 Å². The van der Waals surface area contributed by atoms with Crippen LogP contribution in [0.2, 0.25) is 5.15 Å². The second-order valence-electron chi connectivity index (χ2n) is 7.79. The van der Waals surface area contributed by atoms with Crippen molar-refractivity contribution in [2.24, 2.45) is 4.40 Å². The Kier molecular flexibility index (Phi) is 6.22. The molecule has 1 fully saturated rings. The maximum Gasteiger partial charge on any atom is 0.223 e. The molecule has 0 saturated heterocycles. The van der Waals surface area contributed by atoms with Crippen molar-refractivity contribution in [3.8, 4) is 5.88 Å². The van der Waals surface area contributed by atoms with Gasteiger partial charge in [-0.25, -0.2) is 22.8 Å². The molecule has 9 heteroatoms. The Hall–Kier alpha value is -1.38. The van der Waals surface area contributed by atoms with Gasteiger partial charge in [0.05, 0.1) is 10.6 Å². The van der Waals surface area contributed by atoms with Gasteiger partial charge in [0.15, 0.2) is 9.84 Å². The molecule has 2 aromatic heterocycles. The number of ether oxygens (including phenoxy) is 1. The van der Waals surface area contributed by atoms with E-state index in [2.05, 4.69) is 35.1 Å². The molecule has 0 bridgehead atoms. The lowest BCUT2D eigenvalue weighted by molar-refractivity contribution is 0.119. The number of aromatic nitrogens is 2. The normalized spacial score (nSPS) is 20.5. The van der Waals surface area contributed by atoms with E-state index in [0.29, 0.717) is 23.9 Å². The highest BCUT2D eigenvalue weighted by Gasteiger charge is 2.39. The minimum absolute atomic E-state index is 0.0155. The van der Waals surface area contributed by atoms with Gasteiger partial charge in [-0.3, -0.25) is 0 Å². The third-order valence-electron chi connectivity index (χ3n) is 4.49. The van der Waals surface area contributed by atoms with E-state index in [9.17, 15) is 8.42 Å². The van der Waals surface area contributed by atoms with Crippen molar-refractivity contribution < 1.29 is 13.2 Å². The Bertz CT molecular complexity index is 997. The molecule has 2 heterocycles. The van der Waals surface area contributed by atoms with Crippen LogP contribution in [-0.2, 0) is 9.84 Å². The Labute approximate surface area is 175 Å². The Balaban J connectivity index is 1.83. The maximum atomic E-state index is 11.9. The molecule has 1 aliphatic carbocycles. The van der Waals surface area contributed by atoms with E-state index in [0.717, 1.165) is 16.3 Å². The van der Waals surface area contributed by atoms with Crippen molar-refractivity contribution in [2.45, 2.75) is 56.6 Å². The van der Waals surface area contributed by atoms with Crippen LogP contribution in [0.5, 0.6) is 5.88 Å². The van der Waals surface area contributed by atoms with Crippen molar-refractivity contribution in [1.29, 1.82) is 0 Å². The molecule has 0 unspecified atom stereocenters. The highest BCUT2D eigenvalue weighted by molar-refractivity contribution is 7.99. The molecule has 1 aliphatic rings. The van der Waals surface area contributed by atoms with E-state index in [4.69, 9.17) is 16.3 Å². The number of hydrogen-bond acceptors (Lipinski definition) is 7. The lowest BCUT2D eigenvalue weighted by atomic mass is 9.95. The first kappa shape index (κ1) is 21.3. The summed E-state index contributed by atoms with van der Waals surface area (Å²) < 4.78 is 34.3. The second kappa shape index (κ2) is 8.16. The van der Waals surface area contributed by atoms with E-state index in [1.807, 2.05) is 0 Å². The lowest BCUT2D eigenvalue weighted by Crippen LogP contribution is -2.43. The summed E-state index contributed by atoms with van der Waals surface area (Å²) in [5.74, 6) is 0.603. The smallest absolute Gasteiger partial charge is 0.223 e. The van der Waals surface area contributed by atoms with Crippen LogP contribution in [0.4, 0.5) is 0 Å². The van der Waals surface area contributed by atoms with Crippen LogP contribution in [0, 0.1) is 0 Å². The summed E-state index contributed by atoms with van der Waals surface area (Å²) >= 11 is 7.57. The first-order valence-electron chi connectivity index (χ1n) is 9.13. The summed E-state index contributed by atoms with van der Waals surface area (Å²) in [7, 11) is -3.01. The number of halogens is 1. The van der Waals surface area contributed by atoms with Gasteiger partial charge in [-0.2, -0.15) is 0 Å². The fraction of sp³-hybridized carbons (Fsp3) is 0.526. The molecule has 0 radical (unpaired) electrons. The monoisotopic (exact) mass is 441 g/mol. The average Bonchev–Trinajstić information content (AvgIpc) is 2.57. The largest absolute Gasteiger partial charge is 0.474 e. The summed E-state index contributed by atoms with van der Waals surface area (Å²) in [6.45, 7) is 7.95. The van der Waals surface area contributed by atoms with Crippen molar-refractivity contribution in [1.82, 2.24) is 9.97 Å². The molecule has 6 nitrogen and oxygen atoms in total. The van der Waals surface area contributed by atoms with E-state index in [1.54, 1.807) is 31.6 Å². The molecule has 2 aromatic rings. The summed E-state index contributed by atoms with van der Waals surface area (Å²) in [6, 6.07) is 1.76. The Morgan fingerprint density at radius 1 is 1.29 bits per heavy atom. The summed E-state index contributed by atoms with van der Waals surface area (Å²) in [5.41, 5.74) is 0.823. The van der Waals surface area contributed by atoms with Gasteiger partial charge in [0.2, 0.25) is 5.88 Å². The zero-order valence-electron chi connectivity index (χ0n) is 16.3. The second-order valence-corrected chi connectivity index (χ2v) is 12.4. The molecule has 0 spiro atoms. The van der Waals surface area contributed by atoms with E-state index in [1.165, 1.54) is 11.9 Å². The minimum Gasteiger partial charge on any atom is -0.474 e. The molecule has 0 aliphatic heterocycles. The van der Waals surface area contributed by atoms with Gasteiger partial charge in [-0.1, -0.05) is 18.5 Å². The summed E-state index contributed by atoms with van der Waals surface area (Å²) in [5, 5.41) is 1.64. The minimum atomic E-state index is -3.01. The molecule has 0 aromatic carbocycles. The molecule has 0 N–H and O–H groups in total. The van der Waals surface area contributed by atoms with Crippen LogP contribution < -0.4 is 4.74 Å². The molecular weight excluding hydrogens is 418 g/mol. The van der Waals surface area contributed by atoms with Crippen LogP contribution in [0.15, 0.2) is 22.9 Å². The highest BCUT2D eigenvalue weighted by atomic mass is 35.5. The zero-order valence-corrected chi connectivity index (χ0v) is 18.7. The van der Waals surface area contributed by atoms with Gasteiger partial charge in [-0.05, 0) is 38.8 Å². The number of fused-ring (bicyclic) bond motifs is 1. The van der Waals surface area contributed by atoms with Crippen molar-refractivity contribution in [3.63, 3.8) is 0 Å². The fourth-order valence-corrected chi connectivity index (χ4v) is 4.97.